The maximum absolute atomic E-state index is 6.43. The maximum Gasteiger partial charge on any atom is 0.170 e. The first-order valence-electron chi connectivity index (χ1n) is 11.8. The Hall–Kier alpha value is -2.94. The molecule has 2 atom stereocenters. The first-order chi connectivity index (χ1) is 16.7. The lowest BCUT2D eigenvalue weighted by Gasteiger charge is -2.31. The summed E-state index contributed by atoms with van der Waals surface area (Å²) >= 11 is 5.79. The van der Waals surface area contributed by atoms with E-state index < -0.39 is 0 Å². The Labute approximate surface area is 205 Å². The van der Waals surface area contributed by atoms with E-state index in [0.29, 0.717) is 6.61 Å². The van der Waals surface area contributed by atoms with Crippen LogP contribution in [0.3, 0.4) is 0 Å². The lowest BCUT2D eigenvalue weighted by Crippen LogP contribution is -2.42. The zero-order valence-electron chi connectivity index (χ0n) is 19.4. The summed E-state index contributed by atoms with van der Waals surface area (Å²) in [6, 6.07) is 17.9. The van der Waals surface area contributed by atoms with Gasteiger partial charge in [0.2, 0.25) is 0 Å². The van der Waals surface area contributed by atoms with Gasteiger partial charge < -0.3 is 24.1 Å². The Morgan fingerprint density at radius 2 is 1.88 bits per heavy atom. The molecule has 8 heteroatoms. The SMILES string of the molecule is CCOc1ccc(-c2ccc(C3C(c4ccccn4)NC(=S)N3CCN3CCOCC3)o2)cc1. The van der Waals surface area contributed by atoms with Crippen molar-refractivity contribution < 1.29 is 13.9 Å². The number of furan rings is 1. The molecule has 34 heavy (non-hydrogen) atoms. The van der Waals surface area contributed by atoms with E-state index in [9.17, 15) is 0 Å². The fraction of sp³-hybridized carbons (Fsp3) is 0.385. The smallest absolute Gasteiger partial charge is 0.170 e. The fourth-order valence-corrected chi connectivity index (χ4v) is 4.91. The number of nitrogens with zero attached hydrogens (tertiary/aromatic N) is 3. The van der Waals surface area contributed by atoms with Crippen LogP contribution in [-0.2, 0) is 4.74 Å². The zero-order valence-corrected chi connectivity index (χ0v) is 20.2. The Morgan fingerprint density at radius 3 is 2.62 bits per heavy atom. The number of morpholine rings is 1. The number of hydrogen-bond donors (Lipinski definition) is 1. The molecule has 0 aliphatic carbocycles. The zero-order chi connectivity index (χ0) is 23.3. The fourth-order valence-electron chi connectivity index (χ4n) is 4.58. The average Bonchev–Trinajstić information content (AvgIpc) is 3.49. The van der Waals surface area contributed by atoms with Crippen LogP contribution in [0.15, 0.2) is 65.2 Å². The van der Waals surface area contributed by atoms with Crippen molar-refractivity contribution in [2.45, 2.75) is 19.0 Å². The second-order valence-electron chi connectivity index (χ2n) is 8.43. The van der Waals surface area contributed by atoms with Gasteiger partial charge in [0.15, 0.2) is 5.11 Å². The summed E-state index contributed by atoms with van der Waals surface area (Å²) in [5.41, 5.74) is 1.96. The highest BCUT2D eigenvalue weighted by Gasteiger charge is 2.41. The van der Waals surface area contributed by atoms with Crippen molar-refractivity contribution in [1.29, 1.82) is 0 Å². The number of hydrogen-bond acceptors (Lipinski definition) is 6. The molecular formula is C26H30N4O3S. The van der Waals surface area contributed by atoms with Gasteiger partial charge in [-0.2, -0.15) is 0 Å². The van der Waals surface area contributed by atoms with Crippen molar-refractivity contribution in [3.8, 4) is 17.1 Å². The largest absolute Gasteiger partial charge is 0.494 e. The molecule has 0 amide bonds. The maximum atomic E-state index is 6.43. The van der Waals surface area contributed by atoms with Crippen LogP contribution in [0, 0.1) is 0 Å². The summed E-state index contributed by atoms with van der Waals surface area (Å²) in [6.07, 6.45) is 1.82. The van der Waals surface area contributed by atoms with Crippen molar-refractivity contribution in [3.05, 3.63) is 72.2 Å². The minimum Gasteiger partial charge on any atom is -0.494 e. The van der Waals surface area contributed by atoms with E-state index in [2.05, 4.69) is 26.2 Å². The number of pyridine rings is 1. The van der Waals surface area contributed by atoms with Crippen LogP contribution in [0.1, 0.15) is 30.5 Å². The number of benzene rings is 1. The van der Waals surface area contributed by atoms with Gasteiger partial charge in [-0.05, 0) is 67.7 Å². The summed E-state index contributed by atoms with van der Waals surface area (Å²) in [6.45, 7) is 7.82. The van der Waals surface area contributed by atoms with Crippen molar-refractivity contribution in [2.24, 2.45) is 0 Å². The molecule has 1 N–H and O–H groups in total. The molecule has 3 aromatic rings. The first-order valence-corrected chi connectivity index (χ1v) is 12.2. The van der Waals surface area contributed by atoms with Gasteiger partial charge in [-0.1, -0.05) is 6.07 Å². The van der Waals surface area contributed by atoms with Crippen molar-refractivity contribution in [1.82, 2.24) is 20.1 Å². The minimum atomic E-state index is -0.0854. The van der Waals surface area contributed by atoms with Crippen LogP contribution in [0.2, 0.25) is 0 Å². The van der Waals surface area contributed by atoms with Crippen LogP contribution < -0.4 is 10.1 Å². The summed E-state index contributed by atoms with van der Waals surface area (Å²) in [5.74, 6) is 2.55. The Morgan fingerprint density at radius 1 is 1.06 bits per heavy atom. The molecule has 4 heterocycles. The van der Waals surface area contributed by atoms with Gasteiger partial charge in [0.1, 0.15) is 23.3 Å². The van der Waals surface area contributed by atoms with E-state index in [4.69, 9.17) is 26.1 Å². The molecule has 178 valence electrons. The molecule has 2 aliphatic heterocycles. The second kappa shape index (κ2) is 10.5. The van der Waals surface area contributed by atoms with E-state index in [-0.39, 0.29) is 12.1 Å². The molecule has 2 unspecified atom stereocenters. The number of aromatic nitrogens is 1. The van der Waals surface area contributed by atoms with Crippen LogP contribution in [-0.4, -0.2) is 65.9 Å². The monoisotopic (exact) mass is 478 g/mol. The molecule has 5 rings (SSSR count). The third-order valence-electron chi connectivity index (χ3n) is 6.33. The predicted octanol–water partition coefficient (Wildman–Crippen LogP) is 4.05. The van der Waals surface area contributed by atoms with Crippen LogP contribution in [0.4, 0.5) is 0 Å². The Balaban J connectivity index is 1.41. The molecule has 0 bridgehead atoms. The average molecular weight is 479 g/mol. The summed E-state index contributed by atoms with van der Waals surface area (Å²) < 4.78 is 17.5. The lowest BCUT2D eigenvalue weighted by atomic mass is 10.0. The van der Waals surface area contributed by atoms with E-state index in [1.54, 1.807) is 0 Å². The quantitative estimate of drug-likeness (QED) is 0.487. The standard InChI is InChI=1S/C26H30N4O3S/c1-2-32-20-8-6-19(7-9-20)22-10-11-23(33-22)25-24(21-5-3-4-12-27-21)28-26(34)30(25)14-13-29-15-17-31-18-16-29/h3-12,24-25H,2,13-18H2,1H3,(H,28,34). The highest BCUT2D eigenvalue weighted by molar-refractivity contribution is 7.80. The van der Waals surface area contributed by atoms with E-state index in [1.165, 1.54) is 0 Å². The van der Waals surface area contributed by atoms with E-state index in [1.807, 2.05) is 61.7 Å². The van der Waals surface area contributed by atoms with Crippen molar-refractivity contribution in [2.75, 3.05) is 46.0 Å². The number of rotatable bonds is 8. The van der Waals surface area contributed by atoms with Gasteiger partial charge in [0.05, 0.1) is 31.6 Å². The minimum absolute atomic E-state index is 0.0834. The summed E-state index contributed by atoms with van der Waals surface area (Å²) in [4.78, 5) is 9.28. The van der Waals surface area contributed by atoms with Crippen LogP contribution in [0.25, 0.3) is 11.3 Å². The van der Waals surface area contributed by atoms with Gasteiger partial charge in [-0.15, -0.1) is 0 Å². The number of nitrogens with one attached hydrogen (secondary N) is 1. The highest BCUT2D eigenvalue weighted by Crippen LogP contribution is 2.40. The van der Waals surface area contributed by atoms with Crippen molar-refractivity contribution in [3.63, 3.8) is 0 Å². The molecule has 2 fully saturated rings. The molecule has 0 saturated carbocycles. The van der Waals surface area contributed by atoms with Gasteiger partial charge in [-0.25, -0.2) is 0 Å². The Bertz CT molecular complexity index is 1080. The molecule has 0 spiro atoms. The van der Waals surface area contributed by atoms with Gasteiger partial charge >= 0.3 is 0 Å². The second-order valence-corrected chi connectivity index (χ2v) is 8.82. The number of ether oxygens (including phenoxy) is 2. The number of thiocarbonyl (C=S) groups is 1. The summed E-state index contributed by atoms with van der Waals surface area (Å²) in [7, 11) is 0. The molecular weight excluding hydrogens is 448 g/mol. The first kappa shape index (κ1) is 22.8. The van der Waals surface area contributed by atoms with Gasteiger partial charge in [-0.3, -0.25) is 9.88 Å². The molecule has 2 saturated heterocycles. The van der Waals surface area contributed by atoms with Crippen LogP contribution >= 0.6 is 12.2 Å². The lowest BCUT2D eigenvalue weighted by molar-refractivity contribution is 0.0347. The molecule has 2 aliphatic rings. The predicted molar refractivity (Wildman–Crippen MR) is 135 cm³/mol. The third-order valence-corrected chi connectivity index (χ3v) is 6.68. The van der Waals surface area contributed by atoms with Crippen molar-refractivity contribution >= 4 is 17.3 Å². The van der Waals surface area contributed by atoms with E-state index in [0.717, 1.165) is 73.0 Å². The van der Waals surface area contributed by atoms with Gasteiger partial charge in [0, 0.05) is 37.9 Å². The van der Waals surface area contributed by atoms with E-state index >= 15 is 0 Å². The highest BCUT2D eigenvalue weighted by atomic mass is 32.1. The molecule has 1 aromatic carbocycles. The molecule has 7 nitrogen and oxygen atoms in total. The topological polar surface area (TPSA) is 63.0 Å². The third kappa shape index (κ3) is 4.94. The Kier molecular flexibility index (Phi) is 7.08. The molecule has 0 radical (unpaired) electrons. The summed E-state index contributed by atoms with van der Waals surface area (Å²) in [5, 5.41) is 4.23. The molecule has 2 aromatic heterocycles. The normalized spacial score (nSPS) is 21.0. The van der Waals surface area contributed by atoms with Crippen LogP contribution in [0.5, 0.6) is 5.75 Å². The van der Waals surface area contributed by atoms with Gasteiger partial charge in [0.25, 0.3) is 0 Å².